The molecule has 1 amide bonds. The molecule has 30 heavy (non-hydrogen) atoms. The smallest absolute Gasteiger partial charge is 0.220 e. The standard InChI is InChI=1S/C20H16BrClF2N4O2/c1-10(29)27-9-15(30)8-18(27)20-25-19(11-4-12(23)6-13(24)5-11)26-28(20)14-2-3-17(22)16(21)7-14/h2-7,15,18,30H,8-9H2,1H3/t15-,18+/m1/s1. The molecule has 0 unspecified atom stereocenters. The number of amides is 1. The number of likely N-dealkylation sites (tertiary alicyclic amines) is 1. The van der Waals surface area contributed by atoms with E-state index >= 15 is 0 Å². The zero-order valence-corrected chi connectivity index (χ0v) is 18.0. The van der Waals surface area contributed by atoms with Crippen LogP contribution in [0.2, 0.25) is 5.02 Å². The van der Waals surface area contributed by atoms with Crippen molar-refractivity contribution in [2.24, 2.45) is 0 Å². The van der Waals surface area contributed by atoms with Crippen molar-refractivity contribution in [2.45, 2.75) is 25.5 Å². The molecule has 1 N–H and O–H groups in total. The summed E-state index contributed by atoms with van der Waals surface area (Å²) in [6.45, 7) is 1.58. The number of aliphatic hydroxyl groups is 1. The average molecular weight is 498 g/mol. The van der Waals surface area contributed by atoms with Crippen LogP contribution < -0.4 is 0 Å². The topological polar surface area (TPSA) is 71.2 Å². The highest BCUT2D eigenvalue weighted by molar-refractivity contribution is 9.10. The van der Waals surface area contributed by atoms with Crippen LogP contribution in [-0.4, -0.2) is 43.3 Å². The van der Waals surface area contributed by atoms with Gasteiger partial charge in [-0.3, -0.25) is 4.79 Å². The third-order valence-electron chi connectivity index (χ3n) is 4.88. The number of hydrogen-bond donors (Lipinski definition) is 1. The van der Waals surface area contributed by atoms with Gasteiger partial charge in [-0.15, -0.1) is 5.10 Å². The van der Waals surface area contributed by atoms with Crippen molar-refractivity contribution in [2.75, 3.05) is 6.54 Å². The maximum atomic E-state index is 13.8. The number of carbonyl (C=O) groups is 1. The molecule has 2 atom stereocenters. The van der Waals surface area contributed by atoms with Gasteiger partial charge in [-0.25, -0.2) is 18.4 Å². The minimum Gasteiger partial charge on any atom is -0.391 e. The van der Waals surface area contributed by atoms with Gasteiger partial charge < -0.3 is 10.0 Å². The number of halogens is 4. The summed E-state index contributed by atoms with van der Waals surface area (Å²) in [4.78, 5) is 18.1. The fraction of sp³-hybridized carbons (Fsp3) is 0.250. The first-order valence-corrected chi connectivity index (χ1v) is 10.2. The molecule has 10 heteroatoms. The minimum absolute atomic E-state index is 0.0966. The van der Waals surface area contributed by atoms with E-state index < -0.39 is 23.8 Å². The highest BCUT2D eigenvalue weighted by atomic mass is 79.9. The van der Waals surface area contributed by atoms with Gasteiger partial charge in [0.15, 0.2) is 11.6 Å². The Morgan fingerprint density at radius 2 is 1.93 bits per heavy atom. The molecular weight excluding hydrogens is 482 g/mol. The van der Waals surface area contributed by atoms with Crippen molar-refractivity contribution in [3.8, 4) is 17.1 Å². The fourth-order valence-electron chi connectivity index (χ4n) is 3.56. The SMILES string of the molecule is CC(=O)N1C[C@H](O)C[C@H]1c1nc(-c2cc(F)cc(F)c2)nn1-c1ccc(Cl)c(Br)c1. The Balaban J connectivity index is 1.89. The maximum Gasteiger partial charge on any atom is 0.220 e. The first-order valence-electron chi connectivity index (χ1n) is 9.07. The summed E-state index contributed by atoms with van der Waals surface area (Å²) in [5, 5.41) is 15.1. The van der Waals surface area contributed by atoms with E-state index in [1.165, 1.54) is 16.5 Å². The molecule has 0 bridgehead atoms. The third kappa shape index (κ3) is 3.97. The lowest BCUT2D eigenvalue weighted by Gasteiger charge is -2.22. The summed E-state index contributed by atoms with van der Waals surface area (Å²) in [7, 11) is 0. The first kappa shape index (κ1) is 20.9. The number of hydrogen-bond acceptors (Lipinski definition) is 4. The second-order valence-corrected chi connectivity index (χ2v) is 8.30. The normalized spacial score (nSPS) is 18.8. The molecule has 0 aliphatic carbocycles. The molecule has 0 saturated carbocycles. The molecule has 1 aromatic heterocycles. The Morgan fingerprint density at radius 3 is 2.57 bits per heavy atom. The summed E-state index contributed by atoms with van der Waals surface area (Å²) >= 11 is 9.46. The molecule has 3 aromatic rings. The Hall–Kier alpha value is -2.36. The van der Waals surface area contributed by atoms with Crippen molar-refractivity contribution in [3.05, 3.63) is 63.4 Å². The van der Waals surface area contributed by atoms with E-state index in [-0.39, 0.29) is 30.3 Å². The van der Waals surface area contributed by atoms with Gasteiger partial charge in [0.2, 0.25) is 5.91 Å². The van der Waals surface area contributed by atoms with Gasteiger partial charge in [-0.05, 0) is 46.3 Å². The second kappa shape index (κ2) is 8.05. The van der Waals surface area contributed by atoms with Gasteiger partial charge in [0.1, 0.15) is 11.6 Å². The Labute approximate surface area is 184 Å². The van der Waals surface area contributed by atoms with Gasteiger partial charge in [0, 0.05) is 36.0 Å². The summed E-state index contributed by atoms with van der Waals surface area (Å²) < 4.78 is 29.6. The number of nitrogens with zero attached hydrogens (tertiary/aromatic N) is 4. The largest absolute Gasteiger partial charge is 0.391 e. The second-order valence-electron chi connectivity index (χ2n) is 7.04. The van der Waals surface area contributed by atoms with E-state index in [9.17, 15) is 18.7 Å². The molecule has 1 aliphatic heterocycles. The highest BCUT2D eigenvalue weighted by Gasteiger charge is 2.37. The lowest BCUT2D eigenvalue weighted by molar-refractivity contribution is -0.130. The first-order chi connectivity index (χ1) is 14.2. The predicted octanol–water partition coefficient (Wildman–Crippen LogP) is 4.28. The lowest BCUT2D eigenvalue weighted by atomic mass is 10.1. The summed E-state index contributed by atoms with van der Waals surface area (Å²) in [6.07, 6.45) is -0.444. The van der Waals surface area contributed by atoms with Crippen LogP contribution in [0.5, 0.6) is 0 Å². The van der Waals surface area contributed by atoms with Crippen LogP contribution in [0, 0.1) is 11.6 Å². The number of aromatic nitrogens is 3. The van der Waals surface area contributed by atoms with Crippen molar-refractivity contribution < 1.29 is 18.7 Å². The van der Waals surface area contributed by atoms with Crippen LogP contribution >= 0.6 is 27.5 Å². The third-order valence-corrected chi connectivity index (χ3v) is 6.10. The number of carbonyl (C=O) groups excluding carboxylic acids is 1. The molecule has 1 fully saturated rings. The van der Waals surface area contributed by atoms with E-state index in [2.05, 4.69) is 26.0 Å². The van der Waals surface area contributed by atoms with Crippen LogP contribution in [0.4, 0.5) is 8.78 Å². The molecule has 4 rings (SSSR count). The number of benzene rings is 2. The van der Waals surface area contributed by atoms with Gasteiger partial charge in [0.05, 0.1) is 22.9 Å². The molecule has 6 nitrogen and oxygen atoms in total. The van der Waals surface area contributed by atoms with Crippen LogP contribution in [0.3, 0.4) is 0 Å². The van der Waals surface area contributed by atoms with Crippen LogP contribution in [-0.2, 0) is 4.79 Å². The van der Waals surface area contributed by atoms with Crippen LogP contribution in [0.1, 0.15) is 25.2 Å². The van der Waals surface area contributed by atoms with E-state index in [4.69, 9.17) is 11.6 Å². The maximum absolute atomic E-state index is 13.8. The summed E-state index contributed by atoms with van der Waals surface area (Å²) in [6, 6.07) is 7.59. The predicted molar refractivity (Wildman–Crippen MR) is 110 cm³/mol. The monoisotopic (exact) mass is 496 g/mol. The molecule has 156 valence electrons. The Kier molecular flexibility index (Phi) is 5.61. The molecule has 0 spiro atoms. The highest BCUT2D eigenvalue weighted by Crippen LogP contribution is 2.35. The summed E-state index contributed by atoms with van der Waals surface area (Å²) in [5.41, 5.74) is 0.746. The Morgan fingerprint density at radius 1 is 1.23 bits per heavy atom. The van der Waals surface area contributed by atoms with E-state index in [0.29, 0.717) is 21.0 Å². The number of aliphatic hydroxyl groups excluding tert-OH is 1. The van der Waals surface area contributed by atoms with Crippen molar-refractivity contribution in [1.29, 1.82) is 0 Å². The van der Waals surface area contributed by atoms with Crippen molar-refractivity contribution in [3.63, 3.8) is 0 Å². The van der Waals surface area contributed by atoms with E-state index in [1.54, 1.807) is 18.2 Å². The Bertz CT molecular complexity index is 1120. The van der Waals surface area contributed by atoms with Crippen molar-refractivity contribution in [1.82, 2.24) is 19.7 Å². The van der Waals surface area contributed by atoms with Crippen LogP contribution in [0.25, 0.3) is 17.1 Å². The molecule has 1 aliphatic rings. The molecule has 1 saturated heterocycles. The summed E-state index contributed by atoms with van der Waals surface area (Å²) in [5.74, 6) is -1.26. The fourth-order valence-corrected chi connectivity index (χ4v) is 4.04. The average Bonchev–Trinajstić information content (AvgIpc) is 3.27. The van der Waals surface area contributed by atoms with E-state index in [0.717, 1.165) is 18.2 Å². The number of β-amino-alcohol motifs (C(OH)–C–C–N with tert-alkyl or cyclic N) is 1. The van der Waals surface area contributed by atoms with Gasteiger partial charge in [-0.1, -0.05) is 11.6 Å². The lowest BCUT2D eigenvalue weighted by Crippen LogP contribution is -2.30. The van der Waals surface area contributed by atoms with Gasteiger partial charge in [-0.2, -0.15) is 0 Å². The zero-order valence-electron chi connectivity index (χ0n) is 15.7. The minimum atomic E-state index is -0.751. The van der Waals surface area contributed by atoms with Crippen LogP contribution in [0.15, 0.2) is 40.9 Å². The van der Waals surface area contributed by atoms with Crippen molar-refractivity contribution >= 4 is 33.4 Å². The number of rotatable bonds is 3. The quantitative estimate of drug-likeness (QED) is 0.586. The molecule has 2 heterocycles. The van der Waals surface area contributed by atoms with Gasteiger partial charge in [0.25, 0.3) is 0 Å². The molecule has 2 aromatic carbocycles. The molecule has 0 radical (unpaired) electrons. The van der Waals surface area contributed by atoms with Gasteiger partial charge >= 0.3 is 0 Å². The molecular formula is C20H16BrClF2N4O2. The zero-order chi connectivity index (χ0) is 21.6. The van der Waals surface area contributed by atoms with E-state index in [1.807, 2.05) is 0 Å².